The minimum Gasteiger partial charge on any atom is -0.367 e. The highest BCUT2D eigenvalue weighted by Gasteiger charge is 2.07. The first kappa shape index (κ1) is 11.2. The van der Waals surface area contributed by atoms with E-state index in [0.29, 0.717) is 0 Å². The summed E-state index contributed by atoms with van der Waals surface area (Å²) in [5, 5.41) is 5.46. The molecule has 1 N–H and O–H groups in total. The standard InChI is InChI=1S/C12H13N5S/c1-9-6-18-11-10(9)15-7-16-12(11)14-3-5-17-4-2-13-8-17/h2,4,6-8H,3,5H2,1H3,(H,14,15,16). The van der Waals surface area contributed by atoms with Crippen molar-refractivity contribution in [3.05, 3.63) is 36.0 Å². The molecule has 0 unspecified atom stereocenters. The molecule has 3 heterocycles. The average Bonchev–Trinajstić information content (AvgIpc) is 3.01. The molecule has 0 saturated carbocycles. The normalized spacial score (nSPS) is 10.9. The number of fused-ring (bicyclic) bond motifs is 1. The Morgan fingerprint density at radius 1 is 1.39 bits per heavy atom. The van der Waals surface area contributed by atoms with Crippen molar-refractivity contribution >= 4 is 27.4 Å². The van der Waals surface area contributed by atoms with Gasteiger partial charge in [0.05, 0.1) is 16.5 Å². The molecule has 5 nitrogen and oxygen atoms in total. The van der Waals surface area contributed by atoms with Crippen molar-refractivity contribution in [3.8, 4) is 0 Å². The number of rotatable bonds is 4. The molecule has 0 fully saturated rings. The van der Waals surface area contributed by atoms with Crippen LogP contribution in [0.1, 0.15) is 5.56 Å². The van der Waals surface area contributed by atoms with Gasteiger partial charge in [-0.3, -0.25) is 0 Å². The first-order valence-corrected chi connectivity index (χ1v) is 6.61. The second kappa shape index (κ2) is 4.73. The molecule has 0 aliphatic rings. The van der Waals surface area contributed by atoms with E-state index < -0.39 is 0 Å². The smallest absolute Gasteiger partial charge is 0.147 e. The van der Waals surface area contributed by atoms with Crippen LogP contribution in [0.25, 0.3) is 10.2 Å². The number of nitrogens with zero attached hydrogens (tertiary/aromatic N) is 4. The molecule has 0 spiro atoms. The Morgan fingerprint density at radius 2 is 2.33 bits per heavy atom. The SMILES string of the molecule is Cc1csc2c(NCCn3ccnc3)ncnc12. The molecule has 3 aromatic rings. The molecular weight excluding hydrogens is 246 g/mol. The summed E-state index contributed by atoms with van der Waals surface area (Å²) < 4.78 is 3.16. The molecule has 3 aromatic heterocycles. The molecule has 3 rings (SSSR count). The highest BCUT2D eigenvalue weighted by atomic mass is 32.1. The van der Waals surface area contributed by atoms with Crippen molar-refractivity contribution in [2.24, 2.45) is 0 Å². The van der Waals surface area contributed by atoms with Crippen LogP contribution in [0, 0.1) is 6.92 Å². The lowest BCUT2D eigenvalue weighted by Crippen LogP contribution is -2.10. The minimum absolute atomic E-state index is 0.819. The fraction of sp³-hybridized carbons (Fsp3) is 0.250. The van der Waals surface area contributed by atoms with Crippen LogP contribution >= 0.6 is 11.3 Å². The van der Waals surface area contributed by atoms with Crippen molar-refractivity contribution in [3.63, 3.8) is 0 Å². The van der Waals surface area contributed by atoms with E-state index in [1.807, 2.05) is 17.1 Å². The maximum Gasteiger partial charge on any atom is 0.147 e. The summed E-state index contributed by atoms with van der Waals surface area (Å²) in [5.41, 5.74) is 2.25. The van der Waals surface area contributed by atoms with E-state index in [4.69, 9.17) is 0 Å². The fourth-order valence-electron chi connectivity index (χ4n) is 1.82. The van der Waals surface area contributed by atoms with Gasteiger partial charge in [0.1, 0.15) is 12.1 Å². The van der Waals surface area contributed by atoms with Gasteiger partial charge in [0, 0.05) is 25.5 Å². The molecule has 0 bridgehead atoms. The van der Waals surface area contributed by atoms with Gasteiger partial charge in [-0.2, -0.15) is 0 Å². The fourth-order valence-corrected chi connectivity index (χ4v) is 2.79. The first-order valence-electron chi connectivity index (χ1n) is 5.73. The topological polar surface area (TPSA) is 55.6 Å². The van der Waals surface area contributed by atoms with Gasteiger partial charge in [0.15, 0.2) is 0 Å². The molecule has 0 atom stereocenters. The van der Waals surface area contributed by atoms with Crippen LogP contribution in [0.5, 0.6) is 0 Å². The molecule has 0 aromatic carbocycles. The van der Waals surface area contributed by atoms with Crippen molar-refractivity contribution in [2.75, 3.05) is 11.9 Å². The lowest BCUT2D eigenvalue weighted by molar-refractivity contribution is 0.726. The predicted octanol–water partition coefficient (Wildman–Crippen LogP) is 2.31. The van der Waals surface area contributed by atoms with Crippen LogP contribution in [0.4, 0.5) is 5.82 Å². The molecule has 0 saturated heterocycles. The summed E-state index contributed by atoms with van der Waals surface area (Å²) in [5.74, 6) is 0.915. The summed E-state index contributed by atoms with van der Waals surface area (Å²) in [7, 11) is 0. The molecule has 92 valence electrons. The Labute approximate surface area is 109 Å². The van der Waals surface area contributed by atoms with E-state index in [1.54, 1.807) is 23.9 Å². The van der Waals surface area contributed by atoms with Gasteiger partial charge in [0.2, 0.25) is 0 Å². The Bertz CT molecular complexity index is 644. The van der Waals surface area contributed by atoms with Crippen molar-refractivity contribution in [1.29, 1.82) is 0 Å². The van der Waals surface area contributed by atoms with E-state index in [9.17, 15) is 0 Å². The van der Waals surface area contributed by atoms with E-state index in [2.05, 4.69) is 32.6 Å². The molecule has 18 heavy (non-hydrogen) atoms. The summed E-state index contributed by atoms with van der Waals surface area (Å²) >= 11 is 1.68. The Balaban J connectivity index is 1.74. The Morgan fingerprint density at radius 3 is 3.17 bits per heavy atom. The largest absolute Gasteiger partial charge is 0.367 e. The van der Waals surface area contributed by atoms with Gasteiger partial charge in [-0.15, -0.1) is 11.3 Å². The second-order valence-corrected chi connectivity index (χ2v) is 4.93. The van der Waals surface area contributed by atoms with Crippen molar-refractivity contribution < 1.29 is 0 Å². The second-order valence-electron chi connectivity index (χ2n) is 4.05. The number of imidazole rings is 1. The molecule has 0 amide bonds. The van der Waals surface area contributed by atoms with Gasteiger partial charge in [-0.25, -0.2) is 15.0 Å². The van der Waals surface area contributed by atoms with E-state index in [-0.39, 0.29) is 0 Å². The van der Waals surface area contributed by atoms with Crippen molar-refractivity contribution in [2.45, 2.75) is 13.5 Å². The van der Waals surface area contributed by atoms with Crippen LogP contribution in [0.15, 0.2) is 30.4 Å². The maximum absolute atomic E-state index is 4.30. The summed E-state index contributed by atoms with van der Waals surface area (Å²) in [4.78, 5) is 12.6. The van der Waals surface area contributed by atoms with Crippen molar-refractivity contribution in [1.82, 2.24) is 19.5 Å². The third-order valence-corrected chi connectivity index (χ3v) is 3.85. The van der Waals surface area contributed by atoms with Gasteiger partial charge in [-0.1, -0.05) is 0 Å². The quantitative estimate of drug-likeness (QED) is 0.781. The molecular formula is C12H13N5S. The number of aryl methyl sites for hydroxylation is 1. The van der Waals surface area contributed by atoms with Crippen LogP contribution in [-0.4, -0.2) is 26.1 Å². The van der Waals surface area contributed by atoms with Crippen LogP contribution in [0.3, 0.4) is 0 Å². The number of hydrogen-bond donors (Lipinski definition) is 1. The van der Waals surface area contributed by atoms with Crippen LogP contribution in [0.2, 0.25) is 0 Å². The van der Waals surface area contributed by atoms with Gasteiger partial charge < -0.3 is 9.88 Å². The maximum atomic E-state index is 4.30. The lowest BCUT2D eigenvalue weighted by Gasteiger charge is -2.06. The number of hydrogen-bond acceptors (Lipinski definition) is 5. The van der Waals surface area contributed by atoms with E-state index in [1.165, 1.54) is 5.56 Å². The zero-order chi connectivity index (χ0) is 12.4. The Kier molecular flexibility index (Phi) is 2.93. The number of nitrogens with one attached hydrogen (secondary N) is 1. The average molecular weight is 259 g/mol. The van der Waals surface area contributed by atoms with Gasteiger partial charge in [-0.05, 0) is 17.9 Å². The van der Waals surface area contributed by atoms with Gasteiger partial charge >= 0.3 is 0 Å². The highest BCUT2D eigenvalue weighted by molar-refractivity contribution is 7.18. The Hall–Kier alpha value is -1.95. The summed E-state index contributed by atoms with van der Waals surface area (Å²) in [6, 6.07) is 0. The zero-order valence-corrected chi connectivity index (χ0v) is 10.8. The first-order chi connectivity index (χ1) is 8.84. The zero-order valence-electron chi connectivity index (χ0n) is 10.00. The van der Waals surface area contributed by atoms with E-state index >= 15 is 0 Å². The molecule has 6 heteroatoms. The predicted molar refractivity (Wildman–Crippen MR) is 72.9 cm³/mol. The summed E-state index contributed by atoms with van der Waals surface area (Å²) in [6.45, 7) is 3.76. The number of thiophene rings is 1. The third-order valence-electron chi connectivity index (χ3n) is 2.75. The van der Waals surface area contributed by atoms with Crippen LogP contribution < -0.4 is 5.32 Å². The van der Waals surface area contributed by atoms with Crippen LogP contribution in [-0.2, 0) is 6.54 Å². The summed E-state index contributed by atoms with van der Waals surface area (Å²) in [6.07, 6.45) is 7.16. The molecule has 0 aliphatic heterocycles. The number of anilines is 1. The number of aromatic nitrogens is 4. The minimum atomic E-state index is 0.819. The van der Waals surface area contributed by atoms with E-state index in [0.717, 1.165) is 29.1 Å². The monoisotopic (exact) mass is 259 g/mol. The third kappa shape index (κ3) is 2.06. The molecule has 0 aliphatic carbocycles. The highest BCUT2D eigenvalue weighted by Crippen LogP contribution is 2.28. The lowest BCUT2D eigenvalue weighted by atomic mass is 10.3. The van der Waals surface area contributed by atoms with Gasteiger partial charge in [0.25, 0.3) is 0 Å². The molecule has 0 radical (unpaired) electrons.